The molecular formula is C18H17N3O2. The lowest BCUT2D eigenvalue weighted by Crippen LogP contribution is -2.17. The molecule has 23 heavy (non-hydrogen) atoms. The quantitative estimate of drug-likeness (QED) is 0.888. The Morgan fingerprint density at radius 2 is 1.74 bits per heavy atom. The predicted octanol–water partition coefficient (Wildman–Crippen LogP) is 3.35. The van der Waals surface area contributed by atoms with Crippen LogP contribution in [0.25, 0.3) is 0 Å². The molecule has 5 heteroatoms. The highest BCUT2D eigenvalue weighted by atomic mass is 16.2. The Labute approximate surface area is 134 Å². The molecule has 0 heterocycles. The SMILES string of the molecule is CCc1ccc(NC(=O)c2ccccc2NC(=O)CC#N)cc1. The Kier molecular flexibility index (Phi) is 5.48. The monoisotopic (exact) mass is 307 g/mol. The highest BCUT2D eigenvalue weighted by Gasteiger charge is 2.13. The van der Waals surface area contributed by atoms with Gasteiger partial charge in [-0.25, -0.2) is 0 Å². The molecule has 116 valence electrons. The first kappa shape index (κ1) is 16.2. The van der Waals surface area contributed by atoms with Gasteiger partial charge < -0.3 is 10.6 Å². The highest BCUT2D eigenvalue weighted by Crippen LogP contribution is 2.18. The van der Waals surface area contributed by atoms with Gasteiger partial charge in [-0.05, 0) is 36.2 Å². The van der Waals surface area contributed by atoms with Crippen molar-refractivity contribution in [1.82, 2.24) is 0 Å². The normalized spacial score (nSPS) is 9.74. The van der Waals surface area contributed by atoms with Gasteiger partial charge in [0.25, 0.3) is 5.91 Å². The highest BCUT2D eigenvalue weighted by molar-refractivity contribution is 6.10. The minimum atomic E-state index is -0.444. The van der Waals surface area contributed by atoms with Gasteiger partial charge in [-0.1, -0.05) is 31.2 Å². The first-order valence-electron chi connectivity index (χ1n) is 7.30. The number of para-hydroxylation sites is 1. The lowest BCUT2D eigenvalue weighted by molar-refractivity contribution is -0.115. The number of carbonyl (C=O) groups is 2. The molecule has 2 N–H and O–H groups in total. The Morgan fingerprint density at radius 3 is 2.39 bits per heavy atom. The number of hydrogen-bond acceptors (Lipinski definition) is 3. The number of nitrogens with one attached hydrogen (secondary N) is 2. The second-order valence-electron chi connectivity index (χ2n) is 4.93. The van der Waals surface area contributed by atoms with Crippen molar-refractivity contribution in [3.63, 3.8) is 0 Å². The Morgan fingerprint density at radius 1 is 1.04 bits per heavy atom. The van der Waals surface area contributed by atoms with Crippen LogP contribution in [0.2, 0.25) is 0 Å². The molecule has 2 aromatic carbocycles. The minimum absolute atomic E-state index is 0.256. The van der Waals surface area contributed by atoms with Crippen LogP contribution in [-0.2, 0) is 11.2 Å². The van der Waals surface area contributed by atoms with Crippen LogP contribution in [0.4, 0.5) is 11.4 Å². The largest absolute Gasteiger partial charge is 0.324 e. The van der Waals surface area contributed by atoms with Gasteiger partial charge >= 0.3 is 0 Å². The van der Waals surface area contributed by atoms with Gasteiger partial charge in [0.05, 0.1) is 17.3 Å². The van der Waals surface area contributed by atoms with E-state index in [1.54, 1.807) is 30.3 Å². The number of carbonyl (C=O) groups excluding carboxylic acids is 2. The molecule has 0 unspecified atom stereocenters. The Hall–Kier alpha value is -3.13. The van der Waals surface area contributed by atoms with Crippen LogP contribution in [0.3, 0.4) is 0 Å². The van der Waals surface area contributed by atoms with Gasteiger partial charge in [-0.3, -0.25) is 9.59 Å². The topological polar surface area (TPSA) is 82.0 Å². The fourth-order valence-corrected chi connectivity index (χ4v) is 2.08. The van der Waals surface area contributed by atoms with Crippen LogP contribution in [0.5, 0.6) is 0 Å². The number of hydrogen-bond donors (Lipinski definition) is 2. The van der Waals surface area contributed by atoms with Crippen molar-refractivity contribution in [3.8, 4) is 6.07 Å². The van der Waals surface area contributed by atoms with Gasteiger partial charge in [0.2, 0.25) is 5.91 Å². The standard InChI is InChI=1S/C18H17N3O2/c1-2-13-7-9-14(10-8-13)20-18(23)15-5-3-4-6-16(15)21-17(22)11-12-19/h3-10H,2,11H2,1H3,(H,20,23)(H,21,22). The molecule has 0 spiro atoms. The maximum absolute atomic E-state index is 12.4. The number of nitrogens with zero attached hydrogens (tertiary/aromatic N) is 1. The summed E-state index contributed by atoms with van der Waals surface area (Å²) in [6.45, 7) is 2.06. The molecule has 0 aliphatic heterocycles. The smallest absolute Gasteiger partial charge is 0.257 e. The lowest BCUT2D eigenvalue weighted by atomic mass is 10.1. The molecule has 2 rings (SSSR count). The van der Waals surface area contributed by atoms with E-state index in [2.05, 4.69) is 17.6 Å². The van der Waals surface area contributed by atoms with Crippen LogP contribution in [0.15, 0.2) is 48.5 Å². The second-order valence-corrected chi connectivity index (χ2v) is 4.93. The molecule has 2 aromatic rings. The van der Waals surface area contributed by atoms with Gasteiger partial charge in [0.15, 0.2) is 0 Å². The van der Waals surface area contributed by atoms with E-state index >= 15 is 0 Å². The van der Waals surface area contributed by atoms with E-state index in [9.17, 15) is 9.59 Å². The van der Waals surface area contributed by atoms with Crippen molar-refractivity contribution in [2.75, 3.05) is 10.6 Å². The Bertz CT molecular complexity index is 746. The average Bonchev–Trinajstić information content (AvgIpc) is 2.56. The molecule has 0 aliphatic carbocycles. The van der Waals surface area contributed by atoms with Crippen LogP contribution < -0.4 is 10.6 Å². The molecule has 0 aliphatic rings. The third-order valence-electron chi connectivity index (χ3n) is 3.31. The lowest BCUT2D eigenvalue weighted by Gasteiger charge is -2.11. The maximum Gasteiger partial charge on any atom is 0.257 e. The number of amides is 2. The first-order valence-corrected chi connectivity index (χ1v) is 7.30. The zero-order valence-electron chi connectivity index (χ0n) is 12.8. The molecule has 0 fully saturated rings. The summed E-state index contributed by atoms with van der Waals surface area (Å²) >= 11 is 0. The zero-order chi connectivity index (χ0) is 16.7. The van der Waals surface area contributed by atoms with Gasteiger partial charge in [-0.15, -0.1) is 0 Å². The van der Waals surface area contributed by atoms with Crippen LogP contribution in [0, 0.1) is 11.3 Å². The summed E-state index contributed by atoms with van der Waals surface area (Å²) in [6, 6.07) is 16.1. The summed E-state index contributed by atoms with van der Waals surface area (Å²) in [5.41, 5.74) is 2.60. The molecule has 0 atom stereocenters. The van der Waals surface area contributed by atoms with E-state index in [0.29, 0.717) is 16.9 Å². The summed E-state index contributed by atoms with van der Waals surface area (Å²) in [7, 11) is 0. The fourth-order valence-electron chi connectivity index (χ4n) is 2.08. The van der Waals surface area contributed by atoms with E-state index < -0.39 is 5.91 Å². The summed E-state index contributed by atoms with van der Waals surface area (Å²) in [4.78, 5) is 24.0. The van der Waals surface area contributed by atoms with Crippen molar-refractivity contribution in [2.24, 2.45) is 0 Å². The molecule has 2 amide bonds. The third kappa shape index (κ3) is 4.42. The van der Waals surface area contributed by atoms with Crippen LogP contribution >= 0.6 is 0 Å². The molecule has 0 radical (unpaired) electrons. The number of rotatable bonds is 5. The fraction of sp³-hybridized carbons (Fsp3) is 0.167. The molecule has 0 saturated carbocycles. The molecule has 0 saturated heterocycles. The van der Waals surface area contributed by atoms with Crippen molar-refractivity contribution in [3.05, 3.63) is 59.7 Å². The number of anilines is 2. The van der Waals surface area contributed by atoms with Crippen molar-refractivity contribution in [2.45, 2.75) is 19.8 Å². The summed E-state index contributed by atoms with van der Waals surface area (Å²) in [6.07, 6.45) is 0.677. The van der Waals surface area contributed by atoms with Crippen LogP contribution in [0.1, 0.15) is 29.3 Å². The maximum atomic E-state index is 12.4. The molecule has 5 nitrogen and oxygen atoms in total. The molecular weight excluding hydrogens is 290 g/mol. The van der Waals surface area contributed by atoms with Gasteiger partial charge in [0.1, 0.15) is 6.42 Å². The predicted molar refractivity (Wildman–Crippen MR) is 89.1 cm³/mol. The third-order valence-corrected chi connectivity index (χ3v) is 3.31. The molecule has 0 bridgehead atoms. The van der Waals surface area contributed by atoms with E-state index in [0.717, 1.165) is 6.42 Å². The van der Waals surface area contributed by atoms with Gasteiger partial charge in [-0.2, -0.15) is 5.26 Å². The minimum Gasteiger partial charge on any atom is -0.324 e. The van der Waals surface area contributed by atoms with E-state index in [4.69, 9.17) is 5.26 Å². The summed E-state index contributed by atoms with van der Waals surface area (Å²) < 4.78 is 0. The van der Waals surface area contributed by atoms with Crippen LogP contribution in [-0.4, -0.2) is 11.8 Å². The Balaban J connectivity index is 2.15. The number of benzene rings is 2. The summed E-state index contributed by atoms with van der Waals surface area (Å²) in [5, 5.41) is 13.9. The molecule has 0 aromatic heterocycles. The first-order chi connectivity index (χ1) is 11.1. The number of aryl methyl sites for hydroxylation is 1. The summed E-state index contributed by atoms with van der Waals surface area (Å²) in [5.74, 6) is -0.762. The van der Waals surface area contributed by atoms with E-state index in [1.165, 1.54) is 5.56 Å². The van der Waals surface area contributed by atoms with Crippen molar-refractivity contribution < 1.29 is 9.59 Å². The van der Waals surface area contributed by atoms with Crippen molar-refractivity contribution >= 4 is 23.2 Å². The van der Waals surface area contributed by atoms with Crippen molar-refractivity contribution in [1.29, 1.82) is 5.26 Å². The number of nitriles is 1. The van der Waals surface area contributed by atoms with E-state index in [1.807, 2.05) is 24.3 Å². The van der Waals surface area contributed by atoms with Gasteiger partial charge in [0, 0.05) is 5.69 Å². The average molecular weight is 307 g/mol. The zero-order valence-corrected chi connectivity index (χ0v) is 12.8. The van der Waals surface area contributed by atoms with E-state index in [-0.39, 0.29) is 12.3 Å². The second kappa shape index (κ2) is 7.76.